The van der Waals surface area contributed by atoms with Crippen molar-refractivity contribution in [1.82, 2.24) is 10.3 Å². The molecule has 21 heavy (non-hydrogen) atoms. The topological polar surface area (TPSA) is 63.2 Å². The molecule has 1 aromatic heterocycles. The van der Waals surface area contributed by atoms with Gasteiger partial charge in [-0.05, 0) is 36.2 Å². The number of amides is 2. The predicted molar refractivity (Wildman–Crippen MR) is 83.0 cm³/mol. The number of nitrogens with zero attached hydrogens (tertiary/aromatic N) is 1. The van der Waals surface area contributed by atoms with Crippen LogP contribution in [0.3, 0.4) is 0 Å². The first-order chi connectivity index (χ1) is 10.2. The van der Waals surface area contributed by atoms with E-state index in [9.17, 15) is 4.79 Å². The van der Waals surface area contributed by atoms with Crippen molar-refractivity contribution in [1.29, 1.82) is 0 Å². The standard InChI is InChI=1S/C15H16ClN3O2/c1-21-13-4-2-3-11(9-13)7-8-17-15(20)19-14-6-5-12(16)10-18-14/h2-6,9-10H,7-8H2,1H3,(H2,17,18,19,20). The average molecular weight is 306 g/mol. The van der Waals surface area contributed by atoms with Gasteiger partial charge in [-0.1, -0.05) is 23.7 Å². The number of nitrogens with one attached hydrogen (secondary N) is 2. The molecule has 0 bridgehead atoms. The molecule has 0 saturated heterocycles. The molecule has 0 spiro atoms. The van der Waals surface area contributed by atoms with Crippen molar-refractivity contribution < 1.29 is 9.53 Å². The minimum absolute atomic E-state index is 0.298. The van der Waals surface area contributed by atoms with E-state index in [1.165, 1.54) is 6.20 Å². The number of benzene rings is 1. The Morgan fingerprint density at radius 1 is 1.33 bits per heavy atom. The lowest BCUT2D eigenvalue weighted by molar-refractivity contribution is 0.252. The summed E-state index contributed by atoms with van der Waals surface area (Å²) in [6, 6.07) is 10.8. The third-order valence-electron chi connectivity index (χ3n) is 2.80. The molecular weight excluding hydrogens is 290 g/mol. The van der Waals surface area contributed by atoms with Gasteiger partial charge in [-0.3, -0.25) is 5.32 Å². The number of hydrogen-bond acceptors (Lipinski definition) is 3. The van der Waals surface area contributed by atoms with Crippen molar-refractivity contribution in [2.75, 3.05) is 19.0 Å². The summed E-state index contributed by atoms with van der Waals surface area (Å²) in [4.78, 5) is 15.7. The minimum Gasteiger partial charge on any atom is -0.497 e. The highest BCUT2D eigenvalue weighted by molar-refractivity contribution is 6.30. The summed E-state index contributed by atoms with van der Waals surface area (Å²) in [6.07, 6.45) is 2.20. The van der Waals surface area contributed by atoms with E-state index in [-0.39, 0.29) is 6.03 Å². The fourth-order valence-corrected chi connectivity index (χ4v) is 1.87. The largest absolute Gasteiger partial charge is 0.497 e. The number of pyridine rings is 1. The lowest BCUT2D eigenvalue weighted by atomic mass is 10.1. The Hall–Kier alpha value is -2.27. The van der Waals surface area contributed by atoms with Gasteiger partial charge in [0.2, 0.25) is 0 Å². The first kappa shape index (κ1) is 15.1. The van der Waals surface area contributed by atoms with Gasteiger partial charge < -0.3 is 10.1 Å². The average Bonchev–Trinajstić information content (AvgIpc) is 2.50. The molecule has 2 amide bonds. The number of methoxy groups -OCH3 is 1. The number of urea groups is 1. The van der Waals surface area contributed by atoms with Crippen LogP contribution in [0.25, 0.3) is 0 Å². The van der Waals surface area contributed by atoms with Crippen LogP contribution in [-0.2, 0) is 6.42 Å². The highest BCUT2D eigenvalue weighted by atomic mass is 35.5. The molecule has 1 aromatic carbocycles. The van der Waals surface area contributed by atoms with Crippen molar-refractivity contribution in [3.05, 3.63) is 53.2 Å². The number of hydrogen-bond donors (Lipinski definition) is 2. The van der Waals surface area contributed by atoms with Gasteiger partial charge in [0.15, 0.2) is 0 Å². The molecule has 2 rings (SSSR count). The molecule has 2 aromatic rings. The Labute approximate surface area is 128 Å². The summed E-state index contributed by atoms with van der Waals surface area (Å²) in [7, 11) is 1.63. The van der Waals surface area contributed by atoms with Crippen LogP contribution < -0.4 is 15.4 Å². The molecule has 6 heteroatoms. The van der Waals surface area contributed by atoms with Crippen LogP contribution in [0.2, 0.25) is 5.02 Å². The van der Waals surface area contributed by atoms with Crippen LogP contribution in [0.4, 0.5) is 10.6 Å². The second-order valence-corrected chi connectivity index (χ2v) is 4.78. The van der Waals surface area contributed by atoms with E-state index >= 15 is 0 Å². The van der Waals surface area contributed by atoms with Gasteiger partial charge in [0, 0.05) is 12.7 Å². The Morgan fingerprint density at radius 3 is 2.90 bits per heavy atom. The normalized spacial score (nSPS) is 10.0. The quantitative estimate of drug-likeness (QED) is 0.892. The summed E-state index contributed by atoms with van der Waals surface area (Å²) in [5, 5.41) is 5.93. The Kier molecular flexibility index (Phi) is 5.40. The number of rotatable bonds is 5. The fraction of sp³-hybridized carbons (Fsp3) is 0.200. The van der Waals surface area contributed by atoms with Crippen molar-refractivity contribution in [3.8, 4) is 5.75 Å². The van der Waals surface area contributed by atoms with Gasteiger partial charge in [-0.2, -0.15) is 0 Å². The van der Waals surface area contributed by atoms with E-state index in [2.05, 4.69) is 15.6 Å². The molecule has 0 unspecified atom stereocenters. The van der Waals surface area contributed by atoms with Gasteiger partial charge >= 0.3 is 6.03 Å². The van der Waals surface area contributed by atoms with Crippen LogP contribution >= 0.6 is 11.6 Å². The number of ether oxygens (including phenoxy) is 1. The van der Waals surface area contributed by atoms with E-state index in [1.807, 2.05) is 24.3 Å². The molecule has 0 radical (unpaired) electrons. The van der Waals surface area contributed by atoms with Gasteiger partial charge in [-0.15, -0.1) is 0 Å². The van der Waals surface area contributed by atoms with E-state index in [1.54, 1.807) is 19.2 Å². The zero-order valence-electron chi connectivity index (χ0n) is 11.6. The Morgan fingerprint density at radius 2 is 2.19 bits per heavy atom. The number of carbonyl (C=O) groups excluding carboxylic acids is 1. The fourth-order valence-electron chi connectivity index (χ4n) is 1.76. The predicted octanol–water partition coefficient (Wildman–Crippen LogP) is 3.11. The second kappa shape index (κ2) is 7.50. The van der Waals surface area contributed by atoms with Gasteiger partial charge in [0.05, 0.1) is 12.1 Å². The molecule has 0 aliphatic heterocycles. The smallest absolute Gasteiger partial charge is 0.320 e. The number of aromatic nitrogens is 1. The van der Waals surface area contributed by atoms with Crippen molar-refractivity contribution >= 4 is 23.4 Å². The third-order valence-corrected chi connectivity index (χ3v) is 3.03. The zero-order chi connectivity index (χ0) is 15.1. The number of anilines is 1. The van der Waals surface area contributed by atoms with Crippen molar-refractivity contribution in [3.63, 3.8) is 0 Å². The van der Waals surface area contributed by atoms with Gasteiger partial charge in [0.1, 0.15) is 11.6 Å². The molecule has 0 saturated carbocycles. The van der Waals surface area contributed by atoms with Crippen LogP contribution in [0.5, 0.6) is 5.75 Å². The molecule has 0 aliphatic carbocycles. The zero-order valence-corrected chi connectivity index (χ0v) is 12.4. The maximum absolute atomic E-state index is 11.7. The minimum atomic E-state index is -0.298. The van der Waals surface area contributed by atoms with Crippen molar-refractivity contribution in [2.45, 2.75) is 6.42 Å². The van der Waals surface area contributed by atoms with E-state index in [0.29, 0.717) is 17.4 Å². The van der Waals surface area contributed by atoms with Gasteiger partial charge in [-0.25, -0.2) is 9.78 Å². The highest BCUT2D eigenvalue weighted by Gasteiger charge is 2.02. The first-order valence-electron chi connectivity index (χ1n) is 6.47. The molecule has 2 N–H and O–H groups in total. The van der Waals surface area contributed by atoms with E-state index in [0.717, 1.165) is 17.7 Å². The van der Waals surface area contributed by atoms with Crippen LogP contribution in [0.1, 0.15) is 5.56 Å². The van der Waals surface area contributed by atoms with Crippen LogP contribution in [-0.4, -0.2) is 24.7 Å². The molecule has 0 atom stereocenters. The Bertz CT molecular complexity index is 602. The summed E-state index contributed by atoms with van der Waals surface area (Å²) in [5.41, 5.74) is 1.10. The molecule has 0 fully saturated rings. The van der Waals surface area contributed by atoms with Gasteiger partial charge in [0.25, 0.3) is 0 Å². The summed E-state index contributed by atoms with van der Waals surface area (Å²) >= 11 is 5.72. The lowest BCUT2D eigenvalue weighted by Crippen LogP contribution is -2.30. The molecule has 1 heterocycles. The third kappa shape index (κ3) is 4.96. The van der Waals surface area contributed by atoms with Crippen molar-refractivity contribution in [2.24, 2.45) is 0 Å². The van der Waals surface area contributed by atoms with E-state index < -0.39 is 0 Å². The molecular formula is C15H16ClN3O2. The maximum atomic E-state index is 11.7. The lowest BCUT2D eigenvalue weighted by Gasteiger charge is -2.08. The highest BCUT2D eigenvalue weighted by Crippen LogP contribution is 2.12. The molecule has 5 nitrogen and oxygen atoms in total. The molecule has 110 valence electrons. The second-order valence-electron chi connectivity index (χ2n) is 4.34. The summed E-state index contributed by atoms with van der Waals surface area (Å²) in [6.45, 7) is 0.520. The Balaban J connectivity index is 1.77. The van der Waals surface area contributed by atoms with Crippen LogP contribution in [0, 0.1) is 0 Å². The van der Waals surface area contributed by atoms with Crippen LogP contribution in [0.15, 0.2) is 42.6 Å². The maximum Gasteiger partial charge on any atom is 0.320 e. The van der Waals surface area contributed by atoms with E-state index in [4.69, 9.17) is 16.3 Å². The number of carbonyl (C=O) groups is 1. The monoisotopic (exact) mass is 305 g/mol. The molecule has 0 aliphatic rings. The SMILES string of the molecule is COc1cccc(CCNC(=O)Nc2ccc(Cl)cn2)c1. The summed E-state index contributed by atoms with van der Waals surface area (Å²) < 4.78 is 5.15. The number of halogens is 1. The summed E-state index contributed by atoms with van der Waals surface area (Å²) in [5.74, 6) is 1.26. The first-order valence-corrected chi connectivity index (χ1v) is 6.84.